The maximum absolute atomic E-state index is 13.1. The Balaban J connectivity index is 1.64. The molecule has 4 rings (SSSR count). The highest BCUT2D eigenvalue weighted by Gasteiger charge is 2.37. The van der Waals surface area contributed by atoms with Gasteiger partial charge < -0.3 is 9.64 Å². The lowest BCUT2D eigenvalue weighted by atomic mass is 10.0. The molecule has 2 saturated heterocycles. The van der Waals surface area contributed by atoms with Crippen LogP contribution in [0.25, 0.3) is 6.08 Å². The summed E-state index contributed by atoms with van der Waals surface area (Å²) in [7, 11) is 0. The molecule has 2 aliphatic heterocycles. The van der Waals surface area contributed by atoms with Crippen LogP contribution in [0.1, 0.15) is 16.7 Å². The van der Waals surface area contributed by atoms with Crippen LogP contribution >= 0.6 is 15.9 Å². The molecule has 1 N–H and O–H groups in total. The minimum atomic E-state index is -0.765. The van der Waals surface area contributed by atoms with Crippen LogP contribution in [-0.4, -0.2) is 44.1 Å². The van der Waals surface area contributed by atoms with Crippen molar-refractivity contribution in [3.8, 4) is 0 Å². The fourth-order valence-corrected chi connectivity index (χ4v) is 4.22. The average Bonchev–Trinajstić information content (AvgIpc) is 2.75. The number of morpholine rings is 1. The zero-order chi connectivity index (χ0) is 22.1. The maximum atomic E-state index is 13.1. The van der Waals surface area contributed by atoms with Gasteiger partial charge in [0.1, 0.15) is 5.57 Å². The molecule has 2 fully saturated rings. The fourth-order valence-electron chi connectivity index (χ4n) is 3.58. The lowest BCUT2D eigenvalue weighted by Gasteiger charge is -2.29. The van der Waals surface area contributed by atoms with E-state index in [2.05, 4.69) is 26.1 Å². The molecule has 0 radical (unpaired) electrons. The van der Waals surface area contributed by atoms with Crippen LogP contribution < -0.4 is 15.1 Å². The standard InChI is InChI=1S/C23H22BrN3O4/c1-14-11-19(24)20(12-15(14)2)27-22(29)18(21(28)25-23(27)30)13-16-3-5-17(6-4-16)26-7-9-31-10-8-26/h3-6,11-13H,7-10H2,1-2H3,(H,25,28,30). The lowest BCUT2D eigenvalue weighted by molar-refractivity contribution is -0.122. The predicted molar refractivity (Wildman–Crippen MR) is 122 cm³/mol. The van der Waals surface area contributed by atoms with Gasteiger partial charge in [0, 0.05) is 23.2 Å². The Bertz CT molecular complexity index is 1090. The number of carbonyl (C=O) groups is 3. The minimum Gasteiger partial charge on any atom is -0.378 e. The van der Waals surface area contributed by atoms with Crippen molar-refractivity contribution in [2.45, 2.75) is 13.8 Å². The predicted octanol–water partition coefficient (Wildman–Crippen LogP) is 3.57. The van der Waals surface area contributed by atoms with Crippen LogP contribution in [0.3, 0.4) is 0 Å². The van der Waals surface area contributed by atoms with Gasteiger partial charge in [-0.15, -0.1) is 0 Å². The number of urea groups is 1. The number of hydrogen-bond donors (Lipinski definition) is 1. The molecule has 0 unspecified atom stereocenters. The van der Waals surface area contributed by atoms with Gasteiger partial charge in [-0.2, -0.15) is 0 Å². The number of carbonyl (C=O) groups excluding carboxylic acids is 3. The van der Waals surface area contributed by atoms with Crippen molar-refractivity contribution in [1.29, 1.82) is 0 Å². The van der Waals surface area contributed by atoms with E-state index in [-0.39, 0.29) is 5.57 Å². The molecule has 4 amide bonds. The van der Waals surface area contributed by atoms with E-state index in [1.807, 2.05) is 44.2 Å². The Morgan fingerprint density at radius 2 is 1.65 bits per heavy atom. The molecule has 2 aromatic rings. The summed E-state index contributed by atoms with van der Waals surface area (Å²) in [4.78, 5) is 41.3. The summed E-state index contributed by atoms with van der Waals surface area (Å²) in [6, 6.07) is 10.4. The maximum Gasteiger partial charge on any atom is 0.335 e. The number of aryl methyl sites for hydroxylation is 2. The second kappa shape index (κ2) is 8.64. The number of imide groups is 2. The topological polar surface area (TPSA) is 79.0 Å². The van der Waals surface area contributed by atoms with E-state index in [1.54, 1.807) is 6.07 Å². The van der Waals surface area contributed by atoms with Gasteiger partial charge in [0.25, 0.3) is 11.8 Å². The number of amides is 4. The van der Waals surface area contributed by atoms with E-state index in [1.165, 1.54) is 6.08 Å². The van der Waals surface area contributed by atoms with Crippen molar-refractivity contribution >= 4 is 51.2 Å². The highest BCUT2D eigenvalue weighted by atomic mass is 79.9. The Labute approximate surface area is 188 Å². The molecule has 2 aromatic carbocycles. The molecular weight excluding hydrogens is 462 g/mol. The third-order valence-corrected chi connectivity index (χ3v) is 6.12. The first-order valence-electron chi connectivity index (χ1n) is 9.96. The number of barbiturate groups is 1. The largest absolute Gasteiger partial charge is 0.378 e. The minimum absolute atomic E-state index is 0.0937. The summed E-state index contributed by atoms with van der Waals surface area (Å²) in [5, 5.41) is 2.27. The summed E-state index contributed by atoms with van der Waals surface area (Å²) < 4.78 is 5.98. The van der Waals surface area contributed by atoms with Crippen LogP contribution in [0.4, 0.5) is 16.2 Å². The van der Waals surface area contributed by atoms with Crippen molar-refractivity contribution in [2.24, 2.45) is 0 Å². The van der Waals surface area contributed by atoms with Gasteiger partial charge >= 0.3 is 6.03 Å². The molecule has 0 atom stereocenters. The van der Waals surface area contributed by atoms with Crippen LogP contribution in [0, 0.1) is 13.8 Å². The molecule has 0 aromatic heterocycles. The Kier molecular flexibility index (Phi) is 5.93. The fraction of sp³-hybridized carbons (Fsp3) is 0.261. The van der Waals surface area contributed by atoms with Gasteiger partial charge in [-0.3, -0.25) is 14.9 Å². The number of benzene rings is 2. The van der Waals surface area contributed by atoms with E-state index >= 15 is 0 Å². The monoisotopic (exact) mass is 483 g/mol. The second-order valence-electron chi connectivity index (χ2n) is 7.54. The first-order valence-corrected chi connectivity index (χ1v) is 10.8. The van der Waals surface area contributed by atoms with Crippen molar-refractivity contribution in [3.63, 3.8) is 0 Å². The van der Waals surface area contributed by atoms with Gasteiger partial charge in [-0.05, 0) is 76.8 Å². The van der Waals surface area contributed by atoms with Crippen molar-refractivity contribution in [3.05, 3.63) is 63.1 Å². The molecule has 2 heterocycles. The molecule has 31 heavy (non-hydrogen) atoms. The molecule has 8 heteroatoms. The molecule has 2 aliphatic rings. The van der Waals surface area contributed by atoms with Gasteiger partial charge in [0.05, 0.1) is 18.9 Å². The van der Waals surface area contributed by atoms with E-state index in [4.69, 9.17) is 4.74 Å². The van der Waals surface area contributed by atoms with Gasteiger partial charge in [-0.25, -0.2) is 9.69 Å². The summed E-state index contributed by atoms with van der Waals surface area (Å²) in [5.74, 6) is -1.36. The summed E-state index contributed by atoms with van der Waals surface area (Å²) >= 11 is 3.43. The summed E-state index contributed by atoms with van der Waals surface area (Å²) in [5.41, 5.74) is 4.01. The van der Waals surface area contributed by atoms with Gasteiger partial charge in [0.15, 0.2) is 0 Å². The van der Waals surface area contributed by atoms with Crippen LogP contribution in [-0.2, 0) is 14.3 Å². The molecule has 7 nitrogen and oxygen atoms in total. The zero-order valence-corrected chi connectivity index (χ0v) is 18.9. The highest BCUT2D eigenvalue weighted by Crippen LogP contribution is 2.32. The van der Waals surface area contributed by atoms with Crippen LogP contribution in [0.15, 0.2) is 46.4 Å². The Morgan fingerprint density at radius 1 is 1.00 bits per heavy atom. The number of anilines is 2. The number of nitrogens with zero attached hydrogens (tertiary/aromatic N) is 2. The number of rotatable bonds is 3. The van der Waals surface area contributed by atoms with E-state index in [0.717, 1.165) is 34.8 Å². The smallest absolute Gasteiger partial charge is 0.335 e. The highest BCUT2D eigenvalue weighted by molar-refractivity contribution is 9.10. The van der Waals surface area contributed by atoms with E-state index in [0.29, 0.717) is 28.9 Å². The van der Waals surface area contributed by atoms with Crippen molar-refractivity contribution in [2.75, 3.05) is 36.1 Å². The molecule has 160 valence electrons. The first kappa shape index (κ1) is 21.3. The quantitative estimate of drug-likeness (QED) is 0.533. The molecule has 0 spiro atoms. The normalized spacial score (nSPS) is 18.5. The summed E-state index contributed by atoms with van der Waals surface area (Å²) in [6.45, 7) is 6.87. The molecule has 0 aliphatic carbocycles. The van der Waals surface area contributed by atoms with E-state index in [9.17, 15) is 14.4 Å². The van der Waals surface area contributed by atoms with Gasteiger partial charge in [0.2, 0.25) is 0 Å². The second-order valence-corrected chi connectivity index (χ2v) is 8.39. The Morgan fingerprint density at radius 3 is 2.32 bits per heavy atom. The lowest BCUT2D eigenvalue weighted by Crippen LogP contribution is -2.54. The average molecular weight is 484 g/mol. The Hall–Kier alpha value is -2.97. The first-order chi connectivity index (χ1) is 14.8. The molecular formula is C23H22BrN3O4. The van der Waals surface area contributed by atoms with Crippen molar-refractivity contribution in [1.82, 2.24) is 5.32 Å². The number of ether oxygens (including phenoxy) is 1. The molecule has 0 bridgehead atoms. The SMILES string of the molecule is Cc1cc(Br)c(N2C(=O)NC(=O)C(=Cc3ccc(N4CCOCC4)cc3)C2=O)cc1C. The van der Waals surface area contributed by atoms with Crippen molar-refractivity contribution < 1.29 is 19.1 Å². The van der Waals surface area contributed by atoms with Crippen LogP contribution in [0.5, 0.6) is 0 Å². The third kappa shape index (κ3) is 4.26. The van der Waals surface area contributed by atoms with E-state index < -0.39 is 17.8 Å². The summed E-state index contributed by atoms with van der Waals surface area (Å²) in [6.07, 6.45) is 1.51. The van der Waals surface area contributed by atoms with Gasteiger partial charge in [-0.1, -0.05) is 12.1 Å². The number of hydrogen-bond acceptors (Lipinski definition) is 5. The third-order valence-electron chi connectivity index (χ3n) is 5.49. The number of halogens is 1. The van der Waals surface area contributed by atoms with Crippen LogP contribution in [0.2, 0.25) is 0 Å². The number of nitrogens with one attached hydrogen (secondary N) is 1. The molecule has 0 saturated carbocycles. The zero-order valence-electron chi connectivity index (χ0n) is 17.3.